The third kappa shape index (κ3) is 2.52. The number of hydrogen-bond donors (Lipinski definition) is 1. The molecule has 118 valence electrons. The van der Waals surface area contributed by atoms with Gasteiger partial charge < -0.3 is 4.90 Å². The minimum Gasteiger partial charge on any atom is -0.325 e. The minimum absolute atomic E-state index is 0.168. The lowest BCUT2D eigenvalue weighted by atomic mass is 9.97. The Morgan fingerprint density at radius 3 is 2.57 bits per heavy atom. The van der Waals surface area contributed by atoms with E-state index in [1.54, 1.807) is 0 Å². The van der Waals surface area contributed by atoms with Gasteiger partial charge in [-0.1, -0.05) is 25.7 Å². The lowest BCUT2D eigenvalue weighted by Gasteiger charge is -2.30. The van der Waals surface area contributed by atoms with Gasteiger partial charge in [-0.25, -0.2) is 0 Å². The molecule has 1 spiro atoms. The summed E-state index contributed by atoms with van der Waals surface area (Å²) >= 11 is 2.07. The highest BCUT2D eigenvalue weighted by Gasteiger charge is 2.54. The second kappa shape index (κ2) is 5.77. The third-order valence-corrected chi connectivity index (χ3v) is 7.44. The smallest absolute Gasteiger partial charge is 0.244 e. The number of nitrogens with one attached hydrogen (secondary N) is 1. The Bertz CT molecular complexity index is 396. The van der Waals surface area contributed by atoms with Gasteiger partial charge in [-0.05, 0) is 55.4 Å². The van der Waals surface area contributed by atoms with E-state index < -0.39 is 0 Å². The van der Waals surface area contributed by atoms with E-state index in [1.807, 2.05) is 0 Å². The van der Waals surface area contributed by atoms with E-state index in [9.17, 15) is 4.79 Å². The predicted octanol–water partition coefficient (Wildman–Crippen LogP) is 3.00. The Balaban J connectivity index is 1.54. The Labute approximate surface area is 132 Å². The molecule has 2 aliphatic heterocycles. The molecule has 2 aliphatic carbocycles. The van der Waals surface area contributed by atoms with Crippen LogP contribution in [0, 0.1) is 11.8 Å². The Kier molecular flexibility index (Phi) is 3.95. The van der Waals surface area contributed by atoms with E-state index in [0.717, 1.165) is 25.3 Å². The molecule has 2 atom stereocenters. The van der Waals surface area contributed by atoms with Crippen LogP contribution in [-0.4, -0.2) is 40.6 Å². The van der Waals surface area contributed by atoms with Crippen molar-refractivity contribution < 1.29 is 4.79 Å². The molecule has 4 fully saturated rings. The fourth-order valence-corrected chi connectivity index (χ4v) is 6.28. The summed E-state index contributed by atoms with van der Waals surface area (Å²) in [7, 11) is 0. The zero-order valence-corrected chi connectivity index (χ0v) is 13.8. The number of rotatable bonds is 3. The van der Waals surface area contributed by atoms with Gasteiger partial charge in [0, 0.05) is 6.54 Å². The van der Waals surface area contributed by atoms with Gasteiger partial charge in [-0.15, -0.1) is 0 Å². The SMILES string of the molecule is O=C1N(CC2CCSC2)C(C2CCCC2)NC12CCCC2. The standard InChI is InChI=1S/C17H28N2OS/c20-16-17(8-3-4-9-17)18-15(14-5-1-2-6-14)19(16)11-13-7-10-21-12-13/h13-15,18H,1-12H2. The van der Waals surface area contributed by atoms with Crippen molar-refractivity contribution in [1.29, 1.82) is 0 Å². The minimum atomic E-state index is -0.168. The molecule has 0 aromatic carbocycles. The maximum atomic E-state index is 13.1. The van der Waals surface area contributed by atoms with E-state index in [1.165, 1.54) is 56.5 Å². The summed E-state index contributed by atoms with van der Waals surface area (Å²) in [6, 6.07) is 0. The van der Waals surface area contributed by atoms with Crippen LogP contribution in [0.4, 0.5) is 0 Å². The number of carbonyl (C=O) groups is 1. The fraction of sp³-hybridized carbons (Fsp3) is 0.941. The highest BCUT2D eigenvalue weighted by molar-refractivity contribution is 7.99. The van der Waals surface area contributed by atoms with E-state index >= 15 is 0 Å². The number of thioether (sulfide) groups is 1. The molecule has 2 heterocycles. The first-order chi connectivity index (χ1) is 10.3. The van der Waals surface area contributed by atoms with Crippen LogP contribution >= 0.6 is 11.8 Å². The second-order valence-corrected chi connectivity index (χ2v) is 8.76. The fourth-order valence-electron chi connectivity index (χ4n) is 5.01. The van der Waals surface area contributed by atoms with Crippen LogP contribution in [0.15, 0.2) is 0 Å². The van der Waals surface area contributed by atoms with Crippen LogP contribution in [0.2, 0.25) is 0 Å². The topological polar surface area (TPSA) is 32.3 Å². The Hall–Kier alpha value is -0.220. The molecular formula is C17H28N2OS. The lowest BCUT2D eigenvalue weighted by Crippen LogP contribution is -2.46. The molecule has 21 heavy (non-hydrogen) atoms. The summed E-state index contributed by atoms with van der Waals surface area (Å²) in [5, 5.41) is 3.85. The second-order valence-electron chi connectivity index (χ2n) is 7.61. The average molecular weight is 308 g/mol. The summed E-state index contributed by atoms with van der Waals surface area (Å²) in [5.41, 5.74) is -0.168. The summed E-state index contributed by atoms with van der Waals surface area (Å²) in [6.45, 7) is 1.02. The molecule has 2 saturated heterocycles. The summed E-state index contributed by atoms with van der Waals surface area (Å²) in [6.07, 6.45) is 11.6. The third-order valence-electron chi connectivity index (χ3n) is 6.21. The maximum Gasteiger partial charge on any atom is 0.244 e. The van der Waals surface area contributed by atoms with Gasteiger partial charge >= 0.3 is 0 Å². The van der Waals surface area contributed by atoms with Crippen LogP contribution in [0.25, 0.3) is 0 Å². The quantitative estimate of drug-likeness (QED) is 0.870. The van der Waals surface area contributed by atoms with Gasteiger partial charge in [-0.2, -0.15) is 11.8 Å². The van der Waals surface area contributed by atoms with Gasteiger partial charge in [0.2, 0.25) is 5.91 Å². The predicted molar refractivity (Wildman–Crippen MR) is 87.2 cm³/mol. The van der Waals surface area contributed by atoms with E-state index in [-0.39, 0.29) is 5.54 Å². The van der Waals surface area contributed by atoms with Crippen LogP contribution in [0.5, 0.6) is 0 Å². The summed E-state index contributed by atoms with van der Waals surface area (Å²) in [4.78, 5) is 15.4. The van der Waals surface area contributed by atoms with Gasteiger partial charge in [0.25, 0.3) is 0 Å². The molecular weight excluding hydrogens is 280 g/mol. The van der Waals surface area contributed by atoms with Gasteiger partial charge in [0.15, 0.2) is 0 Å². The molecule has 4 heteroatoms. The van der Waals surface area contributed by atoms with Crippen molar-refractivity contribution in [2.75, 3.05) is 18.1 Å². The van der Waals surface area contributed by atoms with Crippen LogP contribution in [0.1, 0.15) is 57.8 Å². The molecule has 2 saturated carbocycles. The highest BCUT2D eigenvalue weighted by Crippen LogP contribution is 2.42. The molecule has 0 bridgehead atoms. The molecule has 1 amide bonds. The first-order valence-electron chi connectivity index (χ1n) is 8.95. The maximum absolute atomic E-state index is 13.1. The van der Waals surface area contributed by atoms with Crippen LogP contribution in [0.3, 0.4) is 0 Å². The van der Waals surface area contributed by atoms with Crippen molar-refractivity contribution in [3.05, 3.63) is 0 Å². The van der Waals surface area contributed by atoms with E-state index in [0.29, 0.717) is 18.0 Å². The largest absolute Gasteiger partial charge is 0.325 e. The number of hydrogen-bond acceptors (Lipinski definition) is 3. The van der Waals surface area contributed by atoms with Crippen LogP contribution in [-0.2, 0) is 4.79 Å². The molecule has 0 aromatic rings. The Morgan fingerprint density at radius 1 is 1.14 bits per heavy atom. The first-order valence-corrected chi connectivity index (χ1v) is 10.1. The van der Waals surface area contributed by atoms with Crippen molar-refractivity contribution in [2.45, 2.75) is 69.5 Å². The average Bonchev–Trinajstić information content (AvgIpc) is 3.26. The van der Waals surface area contributed by atoms with Crippen molar-refractivity contribution in [3.63, 3.8) is 0 Å². The number of carbonyl (C=O) groups excluding carboxylic acids is 1. The van der Waals surface area contributed by atoms with E-state index in [2.05, 4.69) is 22.0 Å². The zero-order chi connectivity index (χ0) is 14.3. The molecule has 2 unspecified atom stereocenters. The number of nitrogens with zero attached hydrogens (tertiary/aromatic N) is 1. The molecule has 4 aliphatic rings. The van der Waals surface area contributed by atoms with Gasteiger partial charge in [0.05, 0.1) is 11.7 Å². The molecule has 0 aromatic heterocycles. The lowest BCUT2D eigenvalue weighted by molar-refractivity contribution is -0.134. The van der Waals surface area contributed by atoms with Crippen LogP contribution < -0.4 is 5.32 Å². The highest BCUT2D eigenvalue weighted by atomic mass is 32.2. The first kappa shape index (κ1) is 14.4. The normalized spacial score (nSPS) is 36.4. The Morgan fingerprint density at radius 2 is 1.90 bits per heavy atom. The van der Waals surface area contributed by atoms with Crippen molar-refractivity contribution >= 4 is 17.7 Å². The monoisotopic (exact) mass is 308 g/mol. The van der Waals surface area contributed by atoms with Crippen molar-refractivity contribution in [2.24, 2.45) is 11.8 Å². The molecule has 0 radical (unpaired) electrons. The molecule has 3 nitrogen and oxygen atoms in total. The van der Waals surface area contributed by atoms with Gasteiger partial charge in [-0.3, -0.25) is 10.1 Å². The molecule has 1 N–H and O–H groups in total. The molecule has 4 rings (SSSR count). The summed E-state index contributed by atoms with van der Waals surface area (Å²) in [5.74, 6) is 4.45. The summed E-state index contributed by atoms with van der Waals surface area (Å²) < 4.78 is 0. The van der Waals surface area contributed by atoms with Crippen molar-refractivity contribution in [3.8, 4) is 0 Å². The van der Waals surface area contributed by atoms with Crippen molar-refractivity contribution in [1.82, 2.24) is 10.2 Å². The number of amides is 1. The zero-order valence-electron chi connectivity index (χ0n) is 13.0. The van der Waals surface area contributed by atoms with Gasteiger partial charge in [0.1, 0.15) is 0 Å². The van der Waals surface area contributed by atoms with E-state index in [4.69, 9.17) is 0 Å².